The lowest BCUT2D eigenvalue weighted by Gasteiger charge is -2.37. The van der Waals surface area contributed by atoms with Crippen LogP contribution in [0.25, 0.3) is 5.57 Å². The van der Waals surface area contributed by atoms with Crippen LogP contribution in [0.4, 0.5) is 9.93 Å². The van der Waals surface area contributed by atoms with Gasteiger partial charge in [-0.05, 0) is 93.4 Å². The van der Waals surface area contributed by atoms with E-state index >= 15 is 0 Å². The minimum atomic E-state index is -1.65. The predicted octanol–water partition coefficient (Wildman–Crippen LogP) is 5.97. The van der Waals surface area contributed by atoms with Crippen LogP contribution in [-0.4, -0.2) is 99.1 Å². The molecule has 4 amide bonds. The van der Waals surface area contributed by atoms with Crippen molar-refractivity contribution in [3.63, 3.8) is 0 Å². The zero-order valence-corrected chi connectivity index (χ0v) is 37.8. The van der Waals surface area contributed by atoms with Gasteiger partial charge in [0.05, 0.1) is 19.3 Å². The topological polar surface area (TPSA) is 231 Å². The highest BCUT2D eigenvalue weighted by molar-refractivity contribution is 7.14. The van der Waals surface area contributed by atoms with Gasteiger partial charge in [-0.1, -0.05) is 38.4 Å². The van der Waals surface area contributed by atoms with Crippen LogP contribution in [0.15, 0.2) is 53.0 Å². The van der Waals surface area contributed by atoms with Gasteiger partial charge in [0, 0.05) is 23.7 Å². The average Bonchev–Trinajstić information content (AvgIpc) is 3.62. The van der Waals surface area contributed by atoms with E-state index in [0.717, 1.165) is 37.0 Å². The molecule has 2 aromatic rings. The molecule has 0 aromatic carbocycles. The zero-order valence-electron chi connectivity index (χ0n) is 37.0. The molecule has 3 heterocycles. The maximum absolute atomic E-state index is 13.8. The smallest absolute Gasteiger partial charge is 0.413 e. The summed E-state index contributed by atoms with van der Waals surface area (Å²) in [5.41, 5.74) is -3.31. The van der Waals surface area contributed by atoms with E-state index in [1.807, 2.05) is 13.0 Å². The third-order valence-corrected chi connectivity index (χ3v) is 8.86. The second-order valence-corrected chi connectivity index (χ2v) is 17.2. The van der Waals surface area contributed by atoms with Gasteiger partial charge in [-0.2, -0.15) is 0 Å². The molecular formula is C42H60N8O10S. The molecule has 1 aliphatic heterocycles. The summed E-state index contributed by atoms with van der Waals surface area (Å²) in [6, 6.07) is -0.429. The van der Waals surface area contributed by atoms with Crippen molar-refractivity contribution in [3.8, 4) is 0 Å². The van der Waals surface area contributed by atoms with Gasteiger partial charge < -0.3 is 39.7 Å². The molecule has 334 valence electrons. The number of nitrogens with zero attached hydrogens (tertiary/aromatic N) is 4. The van der Waals surface area contributed by atoms with Gasteiger partial charge in [-0.3, -0.25) is 19.7 Å². The van der Waals surface area contributed by atoms with E-state index in [1.165, 1.54) is 31.5 Å². The number of esters is 1. The minimum Gasteiger partial charge on any atom is -0.490 e. The summed E-state index contributed by atoms with van der Waals surface area (Å²) in [5, 5.41) is 16.0. The molecule has 0 radical (unpaired) electrons. The summed E-state index contributed by atoms with van der Waals surface area (Å²) in [4.78, 5) is 83.7. The Labute approximate surface area is 361 Å². The Morgan fingerprint density at radius 3 is 2.16 bits per heavy atom. The lowest BCUT2D eigenvalue weighted by Crippen LogP contribution is -2.72. The quantitative estimate of drug-likeness (QED) is 0.0216. The van der Waals surface area contributed by atoms with Gasteiger partial charge >= 0.3 is 12.1 Å². The first-order valence-electron chi connectivity index (χ1n) is 20.1. The van der Waals surface area contributed by atoms with Crippen molar-refractivity contribution in [1.29, 1.82) is 0 Å². The van der Waals surface area contributed by atoms with Crippen LogP contribution in [0, 0.1) is 0 Å². The summed E-state index contributed by atoms with van der Waals surface area (Å²) >= 11 is 0.970. The molecule has 1 saturated heterocycles. The maximum Gasteiger partial charge on any atom is 0.413 e. The molecule has 2 atom stereocenters. The molecule has 1 aliphatic rings. The Kier molecular flexibility index (Phi) is 18.0. The van der Waals surface area contributed by atoms with Crippen LogP contribution < -0.4 is 21.3 Å². The fourth-order valence-corrected chi connectivity index (χ4v) is 5.59. The number of anilines is 1. The zero-order chi connectivity index (χ0) is 45.5. The first-order valence-corrected chi connectivity index (χ1v) is 21.0. The SMILES string of the molecule is C=C(/C=C(OCCCC)\C(=C/C)OCCCC)c1nccc(C(=O)NC[C@H]2NC(=O)[C@H]2NC(=O)/C(=N\OC(C)(C)C(=O)OC(C)(C)C)c2csc(NC(=O)OC(C)(C)C)n2)n1. The van der Waals surface area contributed by atoms with Gasteiger partial charge in [0.25, 0.3) is 11.8 Å². The summed E-state index contributed by atoms with van der Waals surface area (Å²) in [6.07, 6.45) is 7.78. The van der Waals surface area contributed by atoms with E-state index < -0.39 is 64.4 Å². The number of rotatable bonds is 21. The molecule has 0 spiro atoms. The molecule has 0 saturated carbocycles. The first-order chi connectivity index (χ1) is 28.6. The van der Waals surface area contributed by atoms with Gasteiger partial charge in [-0.15, -0.1) is 11.3 Å². The first kappa shape index (κ1) is 49.5. The van der Waals surface area contributed by atoms with Crippen molar-refractivity contribution in [2.24, 2.45) is 5.16 Å². The van der Waals surface area contributed by atoms with E-state index in [4.69, 9.17) is 23.8 Å². The van der Waals surface area contributed by atoms with Crippen molar-refractivity contribution < 1.29 is 47.8 Å². The van der Waals surface area contributed by atoms with Crippen LogP contribution in [0.5, 0.6) is 0 Å². The van der Waals surface area contributed by atoms with Gasteiger partial charge in [0.15, 0.2) is 28.2 Å². The Morgan fingerprint density at radius 1 is 0.934 bits per heavy atom. The number of carbonyl (C=O) groups is 5. The third-order valence-electron chi connectivity index (χ3n) is 8.10. The molecule has 1 fully saturated rings. The summed E-state index contributed by atoms with van der Waals surface area (Å²) < 4.78 is 22.7. The predicted molar refractivity (Wildman–Crippen MR) is 230 cm³/mol. The van der Waals surface area contributed by atoms with Crippen molar-refractivity contribution in [1.82, 2.24) is 30.9 Å². The minimum absolute atomic E-state index is 0.0307. The van der Waals surface area contributed by atoms with Gasteiger partial charge in [0.1, 0.15) is 28.6 Å². The van der Waals surface area contributed by atoms with Crippen molar-refractivity contribution in [3.05, 3.63) is 65.1 Å². The fourth-order valence-electron chi connectivity index (χ4n) is 4.91. The number of hydrogen-bond donors (Lipinski definition) is 4. The monoisotopic (exact) mass is 868 g/mol. The number of oxime groups is 1. The molecule has 0 aliphatic carbocycles. The second-order valence-electron chi connectivity index (χ2n) is 16.3. The van der Waals surface area contributed by atoms with E-state index in [9.17, 15) is 24.0 Å². The average molecular weight is 869 g/mol. The van der Waals surface area contributed by atoms with Crippen molar-refractivity contribution >= 4 is 57.5 Å². The summed E-state index contributed by atoms with van der Waals surface area (Å²) in [5.74, 6) is -1.53. The fraction of sp³-hybridized carbons (Fsp3) is 0.548. The highest BCUT2D eigenvalue weighted by Gasteiger charge is 2.42. The number of amides is 4. The Bertz CT molecular complexity index is 1990. The molecule has 0 unspecified atom stereocenters. The molecule has 0 bridgehead atoms. The van der Waals surface area contributed by atoms with Crippen molar-refractivity contribution in [2.45, 2.75) is 131 Å². The van der Waals surface area contributed by atoms with E-state index in [0.29, 0.717) is 30.3 Å². The lowest BCUT2D eigenvalue weighted by molar-refractivity contribution is -0.179. The maximum atomic E-state index is 13.8. The number of aromatic nitrogens is 3. The Morgan fingerprint density at radius 2 is 1.57 bits per heavy atom. The number of nitrogens with one attached hydrogen (secondary N) is 4. The third kappa shape index (κ3) is 15.9. The van der Waals surface area contributed by atoms with Gasteiger partial charge in [0.2, 0.25) is 11.5 Å². The number of hydrogen-bond acceptors (Lipinski definition) is 15. The number of allylic oxidation sites excluding steroid dienone is 3. The van der Waals surface area contributed by atoms with Crippen molar-refractivity contribution in [2.75, 3.05) is 25.1 Å². The van der Waals surface area contributed by atoms with E-state index in [2.05, 4.69) is 61.8 Å². The molecule has 2 aromatic heterocycles. The van der Waals surface area contributed by atoms with E-state index in [1.54, 1.807) is 47.6 Å². The second kappa shape index (κ2) is 22.1. The van der Waals surface area contributed by atoms with E-state index in [-0.39, 0.29) is 28.9 Å². The largest absolute Gasteiger partial charge is 0.490 e. The van der Waals surface area contributed by atoms with Crippen LogP contribution in [0.2, 0.25) is 0 Å². The molecular weight excluding hydrogens is 809 g/mol. The number of thiazole rings is 1. The number of ether oxygens (including phenoxy) is 4. The highest BCUT2D eigenvalue weighted by atomic mass is 32.1. The standard InChI is InChI=1S/C42H60N8O10S/c1-13-16-20-56-29(15-3)30(57-21-17-14-2)22-25(4)33-43-19-18-26(45-33)34(51)44-23-27-31(35(52)46-27)48-36(53)32(50-60-42(11,12)37(54)58-40(5,6)7)28-24-61-38(47-28)49-39(55)59-41(8,9)10/h15,18-19,22,24,27,31H,4,13-14,16-17,20-21,23H2,1-3,5-12H3,(H,44,51)(H,46,52)(H,48,53)(H,47,49,55)/b29-15+,30-22+,50-32-/t27-,31+/m1/s1. The Balaban J connectivity index is 1.78. The van der Waals surface area contributed by atoms with Crippen LogP contribution >= 0.6 is 11.3 Å². The Hall–Kier alpha value is -5.85. The molecule has 4 N–H and O–H groups in total. The van der Waals surface area contributed by atoms with Gasteiger partial charge in [-0.25, -0.2) is 24.5 Å². The van der Waals surface area contributed by atoms with Crippen LogP contribution in [0.1, 0.15) is 124 Å². The summed E-state index contributed by atoms with van der Waals surface area (Å²) in [6.45, 7) is 24.0. The normalized spacial score (nSPS) is 16.0. The molecule has 18 nitrogen and oxygen atoms in total. The number of unbranched alkanes of at least 4 members (excludes halogenated alkanes) is 2. The lowest BCUT2D eigenvalue weighted by atomic mass is 9.98. The molecule has 19 heteroatoms. The van der Waals surface area contributed by atoms with Crippen LogP contribution in [0.3, 0.4) is 0 Å². The van der Waals surface area contributed by atoms with Crippen LogP contribution in [-0.2, 0) is 38.2 Å². The summed E-state index contributed by atoms with van der Waals surface area (Å²) in [7, 11) is 0. The number of carbonyl (C=O) groups excluding carboxylic acids is 5. The molecule has 3 rings (SSSR count). The molecule has 61 heavy (non-hydrogen) atoms. The highest BCUT2D eigenvalue weighted by Crippen LogP contribution is 2.23. The number of β-lactam (4-membered cyclic amide) rings is 1.